The van der Waals surface area contributed by atoms with Gasteiger partial charge in [-0.05, 0) is 228 Å². The molecule has 20 aromatic rings. The van der Waals surface area contributed by atoms with E-state index >= 15 is 0 Å². The third-order valence-corrected chi connectivity index (χ3v) is 26.9. The van der Waals surface area contributed by atoms with Gasteiger partial charge in [0.15, 0.2) is 0 Å². The molecule has 0 saturated heterocycles. The molecule has 2 aliphatic rings. The van der Waals surface area contributed by atoms with E-state index in [4.69, 9.17) is 0 Å². The van der Waals surface area contributed by atoms with Crippen molar-refractivity contribution in [3.05, 3.63) is 519 Å². The quantitative estimate of drug-likeness (QED) is 0.0750. The zero-order valence-corrected chi connectivity index (χ0v) is 71.9. The first kappa shape index (κ1) is 78.0. The average Bonchev–Trinajstić information content (AvgIpc) is 1.53. The fourth-order valence-corrected chi connectivity index (χ4v) is 20.6. The predicted molar refractivity (Wildman–Crippen MR) is 541 cm³/mol. The lowest BCUT2D eigenvalue weighted by Crippen LogP contribution is -2.23. The molecule has 0 fully saturated rings. The third kappa shape index (κ3) is 14.1. The molecule has 2 nitrogen and oxygen atoms in total. The van der Waals surface area contributed by atoms with Gasteiger partial charge in [0, 0.05) is 44.6 Å². The second kappa shape index (κ2) is 33.2. The molecule has 0 N–H and O–H groups in total. The maximum atomic E-state index is 2.51. The number of hydrogen-bond donors (Lipinski definition) is 0. The zero-order valence-electron chi connectivity index (χ0n) is 71.9. The van der Waals surface area contributed by atoms with Crippen LogP contribution in [-0.2, 0) is 17.3 Å². The molecule has 0 saturated carbocycles. The van der Waals surface area contributed by atoms with Crippen LogP contribution in [0.2, 0.25) is 0 Å². The smallest absolute Gasteiger partial charge is 0.0546 e. The molecule has 0 aliphatic heterocycles. The summed E-state index contributed by atoms with van der Waals surface area (Å²) in [6.45, 7) is 7.19. The molecule has 2 aliphatic carbocycles. The van der Waals surface area contributed by atoms with Crippen LogP contribution in [0.15, 0.2) is 491 Å². The van der Waals surface area contributed by atoms with Crippen LogP contribution in [0.4, 0.5) is 34.1 Å². The van der Waals surface area contributed by atoms with Crippen molar-refractivity contribution >= 4 is 34.1 Å². The second-order valence-corrected chi connectivity index (χ2v) is 34.7. The number of para-hydroxylation sites is 1. The molecule has 0 heterocycles. The molecule has 0 amide bonds. The highest BCUT2D eigenvalue weighted by Gasteiger charge is 2.41. The predicted octanol–water partition coefficient (Wildman–Crippen LogP) is 34.5. The van der Waals surface area contributed by atoms with E-state index < -0.39 is 0 Å². The van der Waals surface area contributed by atoms with E-state index in [-0.39, 0.29) is 10.8 Å². The highest BCUT2D eigenvalue weighted by Crippen LogP contribution is 2.58. The number of anilines is 6. The van der Waals surface area contributed by atoms with Gasteiger partial charge in [-0.25, -0.2) is 0 Å². The Morgan fingerprint density at radius 1 is 0.156 bits per heavy atom. The van der Waals surface area contributed by atoms with Crippen LogP contribution in [0.25, 0.3) is 156 Å². The zero-order chi connectivity index (χ0) is 85.7. The molecule has 0 spiro atoms. The van der Waals surface area contributed by atoms with Crippen molar-refractivity contribution in [1.29, 1.82) is 0 Å². The van der Waals surface area contributed by atoms with Gasteiger partial charge in [-0.2, -0.15) is 0 Å². The van der Waals surface area contributed by atoms with Gasteiger partial charge >= 0.3 is 0 Å². The molecule has 2 heteroatoms. The lowest BCUT2D eigenvalue weighted by Gasteiger charge is -2.31. The monoisotopic (exact) mass is 1630 g/mol. The van der Waals surface area contributed by atoms with Crippen LogP contribution >= 0.6 is 0 Å². The Bertz CT molecular complexity index is 7470. The molecular formula is C126H92N2. The molecule has 606 valence electrons. The minimum Gasteiger partial charge on any atom is -0.310 e. The van der Waals surface area contributed by atoms with E-state index in [1.54, 1.807) is 0 Å². The van der Waals surface area contributed by atoms with Crippen LogP contribution < -0.4 is 9.80 Å². The molecule has 128 heavy (non-hydrogen) atoms. The van der Waals surface area contributed by atoms with Gasteiger partial charge in [-0.3, -0.25) is 0 Å². The lowest BCUT2D eigenvalue weighted by atomic mass is 9.75. The Hall–Kier alpha value is -16.0. The Labute approximate surface area is 751 Å². The van der Waals surface area contributed by atoms with Crippen molar-refractivity contribution in [2.75, 3.05) is 9.80 Å². The Balaban J connectivity index is 0.595. The fourth-order valence-electron chi connectivity index (χ4n) is 20.6. The van der Waals surface area contributed by atoms with E-state index in [9.17, 15) is 0 Å². The van der Waals surface area contributed by atoms with Crippen molar-refractivity contribution in [3.63, 3.8) is 0 Å². The van der Waals surface area contributed by atoms with E-state index in [0.29, 0.717) is 0 Å². The van der Waals surface area contributed by atoms with Crippen molar-refractivity contribution in [3.8, 4) is 156 Å². The fraction of sp³-hybridized carbons (Fsp3) is 0.0476. The first-order valence-electron chi connectivity index (χ1n) is 44.6. The summed E-state index contributed by atoms with van der Waals surface area (Å²) < 4.78 is 0. The van der Waals surface area contributed by atoms with Gasteiger partial charge in [-0.15, -0.1) is 0 Å². The molecule has 1 unspecified atom stereocenters. The van der Waals surface area contributed by atoms with Crippen molar-refractivity contribution in [2.45, 2.75) is 38.0 Å². The molecule has 1 atom stereocenters. The first-order valence-corrected chi connectivity index (χ1v) is 44.6. The van der Waals surface area contributed by atoms with E-state index in [1.807, 2.05) is 0 Å². The minimum atomic E-state index is -0.321. The SMILES string of the molecule is CC1(C)c2ccccc2-c2c(-c3ccc(N(c4ccccc4-c4ccc(-c5ccc(CC6(C)c7ccccc7-c7c(-c8ccc(N(c9ccc(-c%10ccc(-c%11ccccc%11)cc%10)cc9)c9cccc(-c%10ccccc%10)c9-c9ccccc9-c9ccccc9)cc8)cccc76)cc5)cc4)c4cccc(-c5ccccc5)c4-c4ccccc4-c4ccccc4)cc3)cccc21. The minimum absolute atomic E-state index is 0.116. The number of fused-ring (bicyclic) bond motifs is 6. The summed E-state index contributed by atoms with van der Waals surface area (Å²) in [5.74, 6) is 0. The largest absolute Gasteiger partial charge is 0.310 e. The number of nitrogens with zero attached hydrogens (tertiary/aromatic N) is 2. The highest BCUT2D eigenvalue weighted by molar-refractivity contribution is 6.05. The maximum Gasteiger partial charge on any atom is 0.0546 e. The Kier molecular flexibility index (Phi) is 20.3. The van der Waals surface area contributed by atoms with E-state index in [2.05, 4.69) is 522 Å². The number of benzene rings is 20. The summed E-state index contributed by atoms with van der Waals surface area (Å²) in [4.78, 5) is 4.98. The Morgan fingerprint density at radius 3 is 0.859 bits per heavy atom. The summed E-state index contributed by atoms with van der Waals surface area (Å²) in [5, 5.41) is 0. The lowest BCUT2D eigenvalue weighted by molar-refractivity contribution is 0.583. The average molecular weight is 1630 g/mol. The van der Waals surface area contributed by atoms with Crippen LogP contribution in [0, 0.1) is 0 Å². The van der Waals surface area contributed by atoms with Gasteiger partial charge in [0.25, 0.3) is 0 Å². The Morgan fingerprint density at radius 2 is 0.406 bits per heavy atom. The summed E-state index contributed by atoms with van der Waals surface area (Å²) in [7, 11) is 0. The van der Waals surface area contributed by atoms with E-state index in [1.165, 1.54) is 117 Å². The van der Waals surface area contributed by atoms with Crippen molar-refractivity contribution in [2.24, 2.45) is 0 Å². The van der Waals surface area contributed by atoms with Gasteiger partial charge < -0.3 is 9.80 Å². The molecule has 20 aromatic carbocycles. The maximum absolute atomic E-state index is 2.51. The van der Waals surface area contributed by atoms with Crippen LogP contribution in [0.5, 0.6) is 0 Å². The van der Waals surface area contributed by atoms with Crippen LogP contribution in [-0.4, -0.2) is 0 Å². The van der Waals surface area contributed by atoms with Gasteiger partial charge in [0.1, 0.15) is 0 Å². The molecule has 22 rings (SSSR count). The number of hydrogen-bond acceptors (Lipinski definition) is 2. The van der Waals surface area contributed by atoms with Crippen LogP contribution in [0.1, 0.15) is 48.6 Å². The summed E-state index contributed by atoms with van der Waals surface area (Å²) in [6.07, 6.45) is 0.827. The first-order chi connectivity index (χ1) is 63.1. The van der Waals surface area contributed by atoms with Gasteiger partial charge in [-0.1, -0.05) is 458 Å². The second-order valence-electron chi connectivity index (χ2n) is 34.7. The molecular weight excluding hydrogens is 1540 g/mol. The summed E-state index contributed by atoms with van der Waals surface area (Å²) >= 11 is 0. The van der Waals surface area contributed by atoms with Crippen LogP contribution in [0.3, 0.4) is 0 Å². The topological polar surface area (TPSA) is 6.48 Å². The third-order valence-electron chi connectivity index (χ3n) is 26.9. The molecule has 0 radical (unpaired) electrons. The summed E-state index contributed by atoms with van der Waals surface area (Å²) in [5.41, 5.74) is 46.0. The normalized spacial score (nSPS) is 13.2. The van der Waals surface area contributed by atoms with Crippen molar-refractivity contribution < 1.29 is 0 Å². The van der Waals surface area contributed by atoms with Crippen molar-refractivity contribution in [1.82, 2.24) is 0 Å². The summed E-state index contributed by atoms with van der Waals surface area (Å²) in [6, 6.07) is 182. The van der Waals surface area contributed by atoms with Gasteiger partial charge in [0.05, 0.1) is 17.1 Å². The van der Waals surface area contributed by atoms with Gasteiger partial charge in [0.2, 0.25) is 0 Å². The molecule has 0 aromatic heterocycles. The standard InChI is InChI=1S/C126H92N2/c1-125(2)114-54-26-23-48-112(114)121-106(50-29-56-116(121)125)98-77-83-102(84-78-98)128(120-60-32-53-109(96-41-17-8-18-42-96)124(120)111-47-22-20-44-104(111)94-37-13-6-14-38-94)118-58-28-25-45-105(118)97-71-69-91(70-72-97)88-63-61-86(62-64-88)85-126(3)115-55-27-24-49-113(115)122-107(51-30-57-117(122)126)99-75-81-101(82-76-99)127(100-79-73-92(74-80-100)90-67-65-89(66-68-90)87-33-9-4-10-34-87)119-59-31-52-108(95-39-15-7-16-40-95)123(119)110-46-21-19-43-103(110)93-35-11-5-12-36-93/h4-84H,85H2,1-3H3. The molecule has 0 bridgehead atoms. The van der Waals surface area contributed by atoms with E-state index in [0.717, 1.165) is 107 Å². The number of rotatable bonds is 20. The highest BCUT2D eigenvalue weighted by atomic mass is 15.2.